The van der Waals surface area contributed by atoms with Crippen molar-refractivity contribution in [3.8, 4) is 0 Å². The van der Waals surface area contributed by atoms with Gasteiger partial charge in [0.2, 0.25) is 12.9 Å². The van der Waals surface area contributed by atoms with Crippen LogP contribution in [0.25, 0.3) is 0 Å². The van der Waals surface area contributed by atoms with E-state index in [9.17, 15) is 24.0 Å². The Balaban J connectivity index is 1.76. The van der Waals surface area contributed by atoms with Crippen LogP contribution in [-0.2, 0) is 38.3 Å². The third-order valence-electron chi connectivity index (χ3n) is 4.84. The smallest absolute Gasteiger partial charge is 0.359 e. The van der Waals surface area contributed by atoms with Gasteiger partial charge in [-0.05, 0) is 6.26 Å². The number of thioether (sulfide) groups is 2. The van der Waals surface area contributed by atoms with Crippen molar-refractivity contribution in [3.05, 3.63) is 21.7 Å². The van der Waals surface area contributed by atoms with E-state index < -0.39 is 54.0 Å². The van der Waals surface area contributed by atoms with Gasteiger partial charge in [-0.15, -0.1) is 34.9 Å². The fourth-order valence-corrected chi connectivity index (χ4v) is 5.99. The van der Waals surface area contributed by atoms with Gasteiger partial charge >= 0.3 is 17.9 Å². The van der Waals surface area contributed by atoms with Crippen molar-refractivity contribution in [1.29, 1.82) is 0 Å². The van der Waals surface area contributed by atoms with Crippen molar-refractivity contribution < 1.29 is 43.4 Å². The Morgan fingerprint density at radius 3 is 2.70 bits per heavy atom. The van der Waals surface area contributed by atoms with Gasteiger partial charge in [-0.25, -0.2) is 14.6 Å². The van der Waals surface area contributed by atoms with Gasteiger partial charge in [0, 0.05) is 29.4 Å². The molecule has 1 saturated heterocycles. The molecule has 37 heavy (non-hydrogen) atoms. The summed E-state index contributed by atoms with van der Waals surface area (Å²) < 4.78 is 10.2. The Hall–Kier alpha value is -3.31. The number of nitrogens with two attached hydrogens (primary N) is 1. The lowest BCUT2D eigenvalue weighted by Gasteiger charge is -2.49. The highest BCUT2D eigenvalue weighted by Gasteiger charge is 2.55. The van der Waals surface area contributed by atoms with Crippen LogP contribution >= 0.6 is 34.9 Å². The Morgan fingerprint density at radius 2 is 2.11 bits per heavy atom. The number of carboxylic acids is 1. The lowest BCUT2D eigenvalue weighted by atomic mass is 10.0. The maximum atomic E-state index is 13.1. The van der Waals surface area contributed by atoms with Gasteiger partial charge in [0.15, 0.2) is 10.8 Å². The van der Waals surface area contributed by atoms with E-state index in [0.29, 0.717) is 10.7 Å². The monoisotopic (exact) mass is 573 g/mol. The normalized spacial score (nSPS) is 19.9. The first-order valence-corrected chi connectivity index (χ1v) is 13.8. The molecular weight excluding hydrogens is 550 g/mol. The molecular formula is C20H23N5O9S3. The summed E-state index contributed by atoms with van der Waals surface area (Å²) >= 11 is 3.62. The average molecular weight is 574 g/mol. The van der Waals surface area contributed by atoms with Crippen LogP contribution in [0, 0.1) is 0 Å². The first-order valence-electron chi connectivity index (χ1n) is 10.6. The third-order valence-corrected chi connectivity index (χ3v) is 7.81. The Bertz CT molecular complexity index is 1170. The minimum atomic E-state index is -1.31. The van der Waals surface area contributed by atoms with Gasteiger partial charge in [-0.3, -0.25) is 19.3 Å². The number of ether oxygens (including phenoxy) is 2. The van der Waals surface area contributed by atoms with Crippen molar-refractivity contribution in [3.63, 3.8) is 0 Å². The largest absolute Gasteiger partial charge is 0.479 e. The van der Waals surface area contributed by atoms with E-state index in [0.717, 1.165) is 11.3 Å². The molecule has 3 atom stereocenters. The molecule has 1 aromatic rings. The van der Waals surface area contributed by atoms with Crippen molar-refractivity contribution in [2.75, 3.05) is 24.3 Å². The number of hydrogen-bond acceptors (Lipinski definition) is 14. The van der Waals surface area contributed by atoms with Crippen LogP contribution in [0.4, 0.5) is 5.13 Å². The molecule has 2 unspecified atom stereocenters. The quantitative estimate of drug-likeness (QED) is 0.108. The number of carbonyl (C=O) groups is 5. The minimum Gasteiger partial charge on any atom is -0.479 e. The average Bonchev–Trinajstić information content (AvgIpc) is 3.28. The highest BCUT2D eigenvalue weighted by molar-refractivity contribution is 8.05. The molecule has 1 aromatic heterocycles. The zero-order chi connectivity index (χ0) is 27.3. The summed E-state index contributed by atoms with van der Waals surface area (Å²) in [6.07, 6.45) is 0.684. The SMILES string of the molecule is CCC(=O)OC(C)OC(=O)C1=C(SC)CS[C@H]2C(NC(=O)C(=NOCC(=O)O)c3csc(N)n3)C(=O)N12. The van der Waals surface area contributed by atoms with E-state index in [1.54, 1.807) is 13.2 Å². The molecule has 2 aliphatic rings. The maximum Gasteiger partial charge on any atom is 0.359 e. The molecule has 3 heterocycles. The van der Waals surface area contributed by atoms with Gasteiger partial charge in [0.1, 0.15) is 22.8 Å². The van der Waals surface area contributed by atoms with Crippen LogP contribution in [0.2, 0.25) is 0 Å². The Labute approximate surface area is 222 Å². The molecule has 200 valence electrons. The lowest BCUT2D eigenvalue weighted by molar-refractivity contribution is -0.184. The number of aliphatic carboxylic acids is 1. The standard InChI is InChI=1S/C20H23N5O9S3/c1-4-12(28)33-8(2)34-19(31)15-10(35-3)7-36-18-14(17(30)25(15)18)23-16(29)13(24-32-5-11(26)27)9-6-37-20(21)22-9/h6,8,14,18H,4-5,7H2,1-3H3,(H2,21,22)(H,23,29)(H,26,27)/t8?,14?,18-/m0/s1. The van der Waals surface area contributed by atoms with Gasteiger partial charge in [0.25, 0.3) is 11.8 Å². The van der Waals surface area contributed by atoms with Crippen LogP contribution in [0.5, 0.6) is 0 Å². The van der Waals surface area contributed by atoms with Crippen molar-refractivity contribution in [2.24, 2.45) is 5.16 Å². The number of fused-ring (bicyclic) bond motifs is 1. The molecule has 0 spiro atoms. The summed E-state index contributed by atoms with van der Waals surface area (Å²) in [6, 6.07) is -1.03. The molecule has 0 bridgehead atoms. The first kappa shape index (κ1) is 28.3. The first-order chi connectivity index (χ1) is 17.6. The fraction of sp³-hybridized carbons (Fsp3) is 0.450. The number of rotatable bonds is 11. The van der Waals surface area contributed by atoms with Crippen molar-refractivity contribution >= 4 is 75.4 Å². The summed E-state index contributed by atoms with van der Waals surface area (Å²) in [5.41, 5.74) is 5.30. The second-order valence-electron chi connectivity index (χ2n) is 7.33. The van der Waals surface area contributed by atoms with Gasteiger partial charge in [0.05, 0.1) is 0 Å². The minimum absolute atomic E-state index is 0.0112. The number of thiazole rings is 1. The number of nitrogens with one attached hydrogen (secondary N) is 1. The van der Waals surface area contributed by atoms with Gasteiger partial charge in [-0.2, -0.15) is 0 Å². The topological polar surface area (TPSA) is 200 Å². The number of hydrogen-bond donors (Lipinski definition) is 3. The van der Waals surface area contributed by atoms with E-state index in [1.165, 1.54) is 40.7 Å². The van der Waals surface area contributed by atoms with Crippen LogP contribution in [-0.4, -0.2) is 86.7 Å². The number of oxime groups is 1. The number of carbonyl (C=O) groups excluding carboxylic acids is 4. The van der Waals surface area contributed by atoms with E-state index in [4.69, 9.17) is 25.2 Å². The molecule has 0 saturated carbocycles. The number of carboxylic acid groups (broad SMARTS) is 1. The van der Waals surface area contributed by atoms with E-state index in [1.807, 2.05) is 0 Å². The number of nitrogen functional groups attached to an aromatic ring is 1. The molecule has 0 aliphatic carbocycles. The second-order valence-corrected chi connectivity index (χ2v) is 10.2. The van der Waals surface area contributed by atoms with E-state index in [2.05, 4.69) is 15.5 Å². The molecule has 0 radical (unpaired) electrons. The highest BCUT2D eigenvalue weighted by atomic mass is 32.2. The van der Waals surface area contributed by atoms with Crippen LogP contribution in [0.15, 0.2) is 21.1 Å². The summed E-state index contributed by atoms with van der Waals surface area (Å²) in [6.45, 7) is 2.18. The highest BCUT2D eigenvalue weighted by Crippen LogP contribution is 2.43. The third kappa shape index (κ3) is 6.53. The molecule has 0 aromatic carbocycles. The number of nitrogens with zero attached hydrogens (tertiary/aromatic N) is 3. The number of aromatic nitrogens is 1. The predicted octanol–water partition coefficient (Wildman–Crippen LogP) is 0.348. The summed E-state index contributed by atoms with van der Waals surface area (Å²) in [5, 5.41) is 15.8. The van der Waals surface area contributed by atoms with Crippen molar-refractivity contribution in [1.82, 2.24) is 15.2 Å². The van der Waals surface area contributed by atoms with E-state index >= 15 is 0 Å². The van der Waals surface area contributed by atoms with Gasteiger partial charge in [-0.1, -0.05) is 12.1 Å². The van der Waals surface area contributed by atoms with Crippen molar-refractivity contribution in [2.45, 2.75) is 38.0 Å². The Morgan fingerprint density at radius 1 is 1.38 bits per heavy atom. The molecule has 1 fully saturated rings. The van der Waals surface area contributed by atoms with Crippen LogP contribution < -0.4 is 11.1 Å². The fourth-order valence-electron chi connectivity index (χ4n) is 3.20. The molecule has 2 amide bonds. The lowest BCUT2D eigenvalue weighted by Crippen LogP contribution is -2.71. The molecule has 17 heteroatoms. The molecule has 2 aliphatic heterocycles. The molecule has 3 rings (SSSR count). The zero-order valence-corrected chi connectivity index (χ0v) is 22.2. The van der Waals surface area contributed by atoms with Crippen LogP contribution in [0.1, 0.15) is 26.0 Å². The summed E-state index contributed by atoms with van der Waals surface area (Å²) in [5.74, 6) is -3.76. The summed E-state index contributed by atoms with van der Waals surface area (Å²) in [4.78, 5) is 71.7. The molecule has 14 nitrogen and oxygen atoms in total. The number of β-lactam (4-membered cyclic amide) rings is 1. The Kier molecular flexibility index (Phi) is 9.39. The van der Waals surface area contributed by atoms with E-state index in [-0.39, 0.29) is 28.7 Å². The van der Waals surface area contributed by atoms with Crippen LogP contribution in [0.3, 0.4) is 0 Å². The summed E-state index contributed by atoms with van der Waals surface area (Å²) in [7, 11) is 0. The maximum absolute atomic E-state index is 13.1. The number of anilines is 1. The number of esters is 2. The predicted molar refractivity (Wildman–Crippen MR) is 134 cm³/mol. The van der Waals surface area contributed by atoms with Gasteiger partial charge < -0.3 is 30.5 Å². The second kappa shape index (κ2) is 12.3. The zero-order valence-electron chi connectivity index (χ0n) is 19.8. The number of amides is 2. The molecule has 4 N–H and O–H groups in total.